The topological polar surface area (TPSA) is 61.0 Å². The van der Waals surface area contributed by atoms with Crippen molar-refractivity contribution in [1.82, 2.24) is 20.4 Å². The van der Waals surface area contributed by atoms with Crippen LogP contribution in [-0.4, -0.2) is 46.7 Å². The molecule has 1 aromatic heterocycles. The van der Waals surface area contributed by atoms with E-state index < -0.39 is 0 Å². The Bertz CT molecular complexity index is 551. The lowest BCUT2D eigenvalue weighted by atomic mass is 9.83. The van der Waals surface area contributed by atoms with E-state index in [0.717, 1.165) is 31.4 Å². The summed E-state index contributed by atoms with van der Waals surface area (Å²) in [5, 5.41) is 10.4. The van der Waals surface area contributed by atoms with Gasteiger partial charge in [0.15, 0.2) is 5.69 Å². The van der Waals surface area contributed by atoms with Gasteiger partial charge in [-0.3, -0.25) is 9.89 Å². The van der Waals surface area contributed by atoms with Crippen molar-refractivity contribution in [3.63, 3.8) is 0 Å². The second-order valence-electron chi connectivity index (χ2n) is 7.09. The van der Waals surface area contributed by atoms with Gasteiger partial charge in [0.2, 0.25) is 0 Å². The van der Waals surface area contributed by atoms with E-state index in [4.69, 9.17) is 0 Å². The normalized spacial score (nSPS) is 28.2. The molecule has 1 aromatic rings. The lowest BCUT2D eigenvalue weighted by Gasteiger charge is -2.44. The molecule has 0 saturated carbocycles. The van der Waals surface area contributed by atoms with Crippen LogP contribution in [0.5, 0.6) is 0 Å². The molecule has 0 aromatic carbocycles. The number of hydrogen-bond acceptors (Lipinski definition) is 3. The summed E-state index contributed by atoms with van der Waals surface area (Å²) < 4.78 is 0. The highest BCUT2D eigenvalue weighted by molar-refractivity contribution is 5.94. The number of carbonyl (C=O) groups is 1. The second kappa shape index (κ2) is 6.03. The maximum absolute atomic E-state index is 12.5. The summed E-state index contributed by atoms with van der Waals surface area (Å²) in [4.78, 5) is 15.1. The molecule has 1 amide bonds. The average molecular weight is 302 g/mol. The predicted octanol–water partition coefficient (Wildman–Crippen LogP) is 1.89. The lowest BCUT2D eigenvalue weighted by molar-refractivity contribution is 0.0575. The van der Waals surface area contributed by atoms with Gasteiger partial charge < -0.3 is 10.2 Å². The average Bonchev–Trinajstić information content (AvgIpc) is 3.15. The minimum atomic E-state index is 0.0207. The Balaban J connectivity index is 1.38. The molecular formula is C17H26N4O. The molecule has 120 valence electrons. The molecule has 5 nitrogen and oxygen atoms in total. The number of aromatic amines is 1. The molecule has 2 N–H and O–H groups in total. The van der Waals surface area contributed by atoms with Crippen LogP contribution in [0.2, 0.25) is 0 Å². The second-order valence-corrected chi connectivity index (χ2v) is 7.09. The summed E-state index contributed by atoms with van der Waals surface area (Å²) in [5.74, 6) is 0.636. The molecule has 3 heterocycles. The van der Waals surface area contributed by atoms with Crippen LogP contribution >= 0.6 is 0 Å². The Morgan fingerprint density at radius 3 is 3.05 bits per heavy atom. The number of rotatable bonds is 3. The van der Waals surface area contributed by atoms with E-state index in [1.54, 1.807) is 0 Å². The largest absolute Gasteiger partial charge is 0.350 e. The first-order chi connectivity index (χ1) is 10.8. The molecule has 22 heavy (non-hydrogen) atoms. The molecule has 2 fully saturated rings. The molecule has 0 unspecified atom stereocenters. The van der Waals surface area contributed by atoms with Crippen LogP contribution in [0.3, 0.4) is 0 Å². The van der Waals surface area contributed by atoms with Crippen molar-refractivity contribution in [2.75, 3.05) is 19.6 Å². The lowest BCUT2D eigenvalue weighted by Crippen LogP contribution is -2.51. The molecular weight excluding hydrogens is 276 g/mol. The number of aryl methyl sites for hydroxylation is 1. The maximum atomic E-state index is 12.5. The van der Waals surface area contributed by atoms with Gasteiger partial charge in [-0.1, -0.05) is 6.42 Å². The van der Waals surface area contributed by atoms with Crippen molar-refractivity contribution in [2.24, 2.45) is 5.92 Å². The van der Waals surface area contributed by atoms with E-state index in [1.165, 1.54) is 50.9 Å². The van der Waals surface area contributed by atoms with Gasteiger partial charge in [0.1, 0.15) is 0 Å². The van der Waals surface area contributed by atoms with Crippen molar-refractivity contribution < 1.29 is 4.79 Å². The number of nitrogens with zero attached hydrogens (tertiary/aromatic N) is 2. The first-order valence-corrected chi connectivity index (χ1v) is 8.91. The summed E-state index contributed by atoms with van der Waals surface area (Å²) in [6.45, 7) is 3.31. The summed E-state index contributed by atoms with van der Waals surface area (Å²) in [6, 6.07) is 0.688. The van der Waals surface area contributed by atoms with Crippen molar-refractivity contribution in [3.05, 3.63) is 17.0 Å². The summed E-state index contributed by atoms with van der Waals surface area (Å²) >= 11 is 0. The van der Waals surface area contributed by atoms with Crippen LogP contribution in [-0.2, 0) is 12.8 Å². The van der Waals surface area contributed by atoms with Crippen LogP contribution in [0.25, 0.3) is 0 Å². The number of amides is 1. The zero-order valence-electron chi connectivity index (χ0n) is 13.2. The third kappa shape index (κ3) is 2.56. The van der Waals surface area contributed by atoms with Crippen LogP contribution in [0, 0.1) is 5.92 Å². The van der Waals surface area contributed by atoms with Gasteiger partial charge in [-0.25, -0.2) is 0 Å². The molecule has 2 atom stereocenters. The minimum Gasteiger partial charge on any atom is -0.350 e. The first kappa shape index (κ1) is 14.2. The van der Waals surface area contributed by atoms with Crippen molar-refractivity contribution in [2.45, 2.75) is 57.4 Å². The molecule has 0 spiro atoms. The predicted molar refractivity (Wildman–Crippen MR) is 84.9 cm³/mol. The number of nitrogens with one attached hydrogen (secondary N) is 2. The third-order valence-corrected chi connectivity index (χ3v) is 5.77. The Morgan fingerprint density at radius 2 is 2.09 bits per heavy atom. The van der Waals surface area contributed by atoms with Crippen molar-refractivity contribution >= 4 is 5.91 Å². The van der Waals surface area contributed by atoms with E-state index in [9.17, 15) is 4.79 Å². The quantitative estimate of drug-likeness (QED) is 0.896. The summed E-state index contributed by atoms with van der Waals surface area (Å²) in [7, 11) is 0. The molecule has 1 aliphatic carbocycles. The number of fused-ring (bicyclic) bond motifs is 2. The van der Waals surface area contributed by atoms with E-state index in [2.05, 4.69) is 20.4 Å². The highest BCUT2D eigenvalue weighted by Gasteiger charge is 2.33. The van der Waals surface area contributed by atoms with E-state index >= 15 is 0 Å². The molecule has 5 heteroatoms. The standard InChI is InChI=1S/C17H26N4O/c22-17(16-13-6-3-7-14(13)19-20-16)18-11-12-5-4-10-21-9-2-1-8-15(12)21/h12,15H,1-11H2,(H,18,22)(H,19,20)/t12-,15-/m1/s1. The molecule has 3 aliphatic rings. The summed E-state index contributed by atoms with van der Waals surface area (Å²) in [5.41, 5.74) is 2.96. The van der Waals surface area contributed by atoms with Gasteiger partial charge >= 0.3 is 0 Å². The Hall–Kier alpha value is -1.36. The van der Waals surface area contributed by atoms with Crippen molar-refractivity contribution in [1.29, 1.82) is 0 Å². The number of H-pyrrole nitrogens is 1. The number of carbonyl (C=O) groups excluding carboxylic acids is 1. The molecule has 2 aliphatic heterocycles. The van der Waals surface area contributed by atoms with Gasteiger partial charge in [-0.05, 0) is 64.0 Å². The third-order valence-electron chi connectivity index (χ3n) is 5.77. The number of hydrogen-bond donors (Lipinski definition) is 2. The van der Waals surface area contributed by atoms with E-state index in [-0.39, 0.29) is 5.91 Å². The van der Waals surface area contributed by atoms with Crippen LogP contribution in [0.15, 0.2) is 0 Å². The van der Waals surface area contributed by atoms with Gasteiger partial charge in [-0.2, -0.15) is 5.10 Å². The Morgan fingerprint density at radius 1 is 1.18 bits per heavy atom. The molecule has 0 bridgehead atoms. The van der Waals surface area contributed by atoms with Gasteiger partial charge in [0.25, 0.3) is 5.91 Å². The number of aromatic nitrogens is 2. The fourth-order valence-corrected chi connectivity index (χ4v) is 4.63. The SMILES string of the molecule is O=C(NC[C@H]1CCCN2CCCC[C@H]12)c1n[nH]c2c1CCC2. The van der Waals surface area contributed by atoms with E-state index in [1.807, 2.05) is 0 Å². The first-order valence-electron chi connectivity index (χ1n) is 8.91. The highest BCUT2D eigenvalue weighted by atomic mass is 16.1. The van der Waals surface area contributed by atoms with Gasteiger partial charge in [-0.15, -0.1) is 0 Å². The van der Waals surface area contributed by atoms with Crippen LogP contribution in [0.1, 0.15) is 60.3 Å². The Labute approximate surface area is 131 Å². The molecule has 4 rings (SSSR count). The molecule has 2 saturated heterocycles. The van der Waals surface area contributed by atoms with E-state index in [0.29, 0.717) is 17.7 Å². The van der Waals surface area contributed by atoms with Gasteiger partial charge in [0.05, 0.1) is 0 Å². The minimum absolute atomic E-state index is 0.0207. The van der Waals surface area contributed by atoms with Crippen LogP contribution in [0.4, 0.5) is 0 Å². The maximum Gasteiger partial charge on any atom is 0.272 e. The fourth-order valence-electron chi connectivity index (χ4n) is 4.63. The highest BCUT2D eigenvalue weighted by Crippen LogP contribution is 2.30. The smallest absolute Gasteiger partial charge is 0.272 e. The van der Waals surface area contributed by atoms with Gasteiger partial charge in [0, 0.05) is 23.8 Å². The fraction of sp³-hybridized carbons (Fsp3) is 0.765. The zero-order chi connectivity index (χ0) is 14.9. The van der Waals surface area contributed by atoms with Crippen molar-refractivity contribution in [3.8, 4) is 0 Å². The summed E-state index contributed by atoms with van der Waals surface area (Å²) in [6.07, 6.45) is 9.69. The van der Waals surface area contributed by atoms with Crippen LogP contribution < -0.4 is 5.32 Å². The number of piperidine rings is 2. The monoisotopic (exact) mass is 302 g/mol. The molecule has 0 radical (unpaired) electrons. The Kier molecular flexibility index (Phi) is 3.90. The zero-order valence-corrected chi connectivity index (χ0v) is 13.2.